The maximum Gasteiger partial charge on any atom is 0.317 e. The van der Waals surface area contributed by atoms with E-state index in [9.17, 15) is 14.7 Å². The minimum absolute atomic E-state index is 0.136. The Labute approximate surface area is 111 Å². The molecule has 0 bridgehead atoms. The van der Waals surface area contributed by atoms with E-state index in [0.29, 0.717) is 11.3 Å². The molecule has 1 atom stereocenters. The van der Waals surface area contributed by atoms with E-state index in [1.807, 2.05) is 0 Å². The molecule has 1 aromatic carbocycles. The molecule has 0 fully saturated rings. The van der Waals surface area contributed by atoms with Crippen molar-refractivity contribution in [2.75, 3.05) is 25.5 Å². The van der Waals surface area contributed by atoms with Gasteiger partial charge in [-0.15, -0.1) is 0 Å². The number of aliphatic hydroxyl groups is 1. The van der Waals surface area contributed by atoms with Gasteiger partial charge in [0.05, 0.1) is 12.6 Å². The lowest BCUT2D eigenvalue weighted by molar-refractivity contribution is -0.138. The van der Waals surface area contributed by atoms with Crippen LogP contribution in [0.1, 0.15) is 18.6 Å². The van der Waals surface area contributed by atoms with Crippen LogP contribution in [0.2, 0.25) is 0 Å². The summed E-state index contributed by atoms with van der Waals surface area (Å²) in [5.41, 5.74) is 1.23. The summed E-state index contributed by atoms with van der Waals surface area (Å²) >= 11 is 0. The van der Waals surface area contributed by atoms with Crippen LogP contribution in [-0.2, 0) is 9.59 Å². The molecule has 0 heterocycles. The number of nitrogens with one attached hydrogen (secondary N) is 1. The highest BCUT2D eigenvalue weighted by Crippen LogP contribution is 2.18. The molecular weight excluding hydrogens is 248 g/mol. The molecule has 6 heteroatoms. The van der Waals surface area contributed by atoms with Gasteiger partial charge in [-0.3, -0.25) is 14.5 Å². The number of hydrogen-bond acceptors (Lipinski definition) is 4. The van der Waals surface area contributed by atoms with Crippen molar-refractivity contribution < 1.29 is 19.8 Å². The van der Waals surface area contributed by atoms with E-state index in [0.717, 1.165) is 0 Å². The third kappa shape index (κ3) is 5.50. The third-order valence-electron chi connectivity index (χ3n) is 2.48. The lowest BCUT2D eigenvalue weighted by atomic mass is 10.1. The molecule has 1 rings (SSSR count). The standard InChI is InChI=1S/C13H18N2O4/c1-9(16)14-11-5-3-4-10(6-11)12(17)7-15(2)8-13(18)19/h3-6,12,17H,7-8H2,1-2H3,(H,14,16)(H,18,19). The predicted octanol–water partition coefficient (Wildman–Crippen LogP) is 0.695. The zero-order chi connectivity index (χ0) is 14.4. The normalized spacial score (nSPS) is 12.2. The summed E-state index contributed by atoms with van der Waals surface area (Å²) in [6, 6.07) is 6.84. The van der Waals surface area contributed by atoms with Gasteiger partial charge >= 0.3 is 5.97 Å². The van der Waals surface area contributed by atoms with Crippen LogP contribution in [0.4, 0.5) is 5.69 Å². The van der Waals surface area contributed by atoms with Crippen LogP contribution in [0.15, 0.2) is 24.3 Å². The number of benzene rings is 1. The molecule has 104 valence electrons. The second-order valence-electron chi connectivity index (χ2n) is 4.41. The van der Waals surface area contributed by atoms with E-state index < -0.39 is 12.1 Å². The molecule has 1 aromatic rings. The average molecular weight is 266 g/mol. The maximum absolute atomic E-state index is 10.9. The van der Waals surface area contributed by atoms with Gasteiger partial charge in [0.25, 0.3) is 0 Å². The Balaban J connectivity index is 2.68. The number of nitrogens with zero attached hydrogens (tertiary/aromatic N) is 1. The fraction of sp³-hybridized carbons (Fsp3) is 0.385. The first-order valence-electron chi connectivity index (χ1n) is 5.84. The van der Waals surface area contributed by atoms with Crippen molar-refractivity contribution in [2.45, 2.75) is 13.0 Å². The number of hydrogen-bond donors (Lipinski definition) is 3. The van der Waals surface area contributed by atoms with Crippen molar-refractivity contribution >= 4 is 17.6 Å². The van der Waals surface area contributed by atoms with Crippen LogP contribution in [-0.4, -0.2) is 47.1 Å². The van der Waals surface area contributed by atoms with Gasteiger partial charge in [0, 0.05) is 19.2 Å². The van der Waals surface area contributed by atoms with Crippen LogP contribution in [0.25, 0.3) is 0 Å². The first-order valence-corrected chi connectivity index (χ1v) is 5.84. The third-order valence-corrected chi connectivity index (χ3v) is 2.48. The van der Waals surface area contributed by atoms with Gasteiger partial charge < -0.3 is 15.5 Å². The molecule has 0 spiro atoms. The monoisotopic (exact) mass is 266 g/mol. The molecular formula is C13H18N2O4. The average Bonchev–Trinajstić information content (AvgIpc) is 2.27. The maximum atomic E-state index is 10.9. The lowest BCUT2D eigenvalue weighted by Gasteiger charge is -2.19. The molecule has 0 saturated carbocycles. The number of carboxylic acid groups (broad SMARTS) is 1. The number of rotatable bonds is 6. The van der Waals surface area contributed by atoms with E-state index in [-0.39, 0.29) is 19.0 Å². The number of aliphatic carboxylic acids is 1. The van der Waals surface area contributed by atoms with Crippen LogP contribution in [0, 0.1) is 0 Å². The molecule has 3 N–H and O–H groups in total. The fourth-order valence-corrected chi connectivity index (χ4v) is 1.72. The molecule has 1 amide bonds. The Morgan fingerprint density at radius 1 is 1.42 bits per heavy atom. The van der Waals surface area contributed by atoms with Crippen molar-refractivity contribution in [2.24, 2.45) is 0 Å². The van der Waals surface area contributed by atoms with Gasteiger partial charge in [-0.2, -0.15) is 0 Å². The first kappa shape index (κ1) is 15.1. The van der Waals surface area contributed by atoms with Gasteiger partial charge in [-0.1, -0.05) is 12.1 Å². The van der Waals surface area contributed by atoms with Crippen molar-refractivity contribution in [3.63, 3.8) is 0 Å². The first-order chi connectivity index (χ1) is 8.88. The van der Waals surface area contributed by atoms with E-state index in [2.05, 4.69) is 5.32 Å². The Kier molecular flexibility index (Phi) is 5.47. The summed E-state index contributed by atoms with van der Waals surface area (Å²) in [5.74, 6) is -1.13. The number of anilines is 1. The molecule has 0 aliphatic heterocycles. The lowest BCUT2D eigenvalue weighted by Crippen LogP contribution is -2.29. The molecule has 6 nitrogen and oxygen atoms in total. The molecule has 0 aromatic heterocycles. The number of amides is 1. The fourth-order valence-electron chi connectivity index (χ4n) is 1.72. The Morgan fingerprint density at radius 3 is 2.68 bits per heavy atom. The summed E-state index contributed by atoms with van der Waals surface area (Å²) in [6.45, 7) is 1.47. The van der Waals surface area contributed by atoms with Gasteiger partial charge in [0.1, 0.15) is 0 Å². The van der Waals surface area contributed by atoms with E-state index in [1.54, 1.807) is 31.3 Å². The van der Waals surface area contributed by atoms with E-state index in [1.165, 1.54) is 11.8 Å². The topological polar surface area (TPSA) is 89.9 Å². The predicted molar refractivity (Wildman–Crippen MR) is 70.8 cm³/mol. The van der Waals surface area contributed by atoms with Crippen LogP contribution in [0.3, 0.4) is 0 Å². The highest BCUT2D eigenvalue weighted by atomic mass is 16.4. The van der Waals surface area contributed by atoms with Gasteiger partial charge in [-0.25, -0.2) is 0 Å². The Morgan fingerprint density at radius 2 is 2.11 bits per heavy atom. The van der Waals surface area contributed by atoms with Crippen LogP contribution in [0.5, 0.6) is 0 Å². The second kappa shape index (κ2) is 6.86. The smallest absolute Gasteiger partial charge is 0.317 e. The molecule has 0 aliphatic carbocycles. The molecule has 1 unspecified atom stereocenters. The van der Waals surface area contributed by atoms with Crippen molar-refractivity contribution in [1.29, 1.82) is 0 Å². The minimum atomic E-state index is -0.943. The summed E-state index contributed by atoms with van der Waals surface area (Å²) in [7, 11) is 1.62. The van der Waals surface area contributed by atoms with E-state index in [4.69, 9.17) is 5.11 Å². The molecule has 0 aliphatic rings. The minimum Gasteiger partial charge on any atom is -0.480 e. The molecule has 19 heavy (non-hydrogen) atoms. The summed E-state index contributed by atoms with van der Waals surface area (Å²) in [4.78, 5) is 23.0. The number of likely N-dealkylation sites (N-methyl/N-ethyl adjacent to an activating group) is 1. The Hall–Kier alpha value is -1.92. The highest BCUT2D eigenvalue weighted by molar-refractivity contribution is 5.88. The zero-order valence-corrected chi connectivity index (χ0v) is 11.0. The zero-order valence-electron chi connectivity index (χ0n) is 11.0. The number of carbonyl (C=O) groups excluding carboxylic acids is 1. The number of aliphatic hydroxyl groups excluding tert-OH is 1. The largest absolute Gasteiger partial charge is 0.480 e. The van der Waals surface area contributed by atoms with Crippen LogP contribution >= 0.6 is 0 Å². The molecule has 0 radical (unpaired) electrons. The Bertz CT molecular complexity index is 462. The van der Waals surface area contributed by atoms with E-state index >= 15 is 0 Å². The van der Waals surface area contributed by atoms with Crippen molar-refractivity contribution in [1.82, 2.24) is 4.90 Å². The van der Waals surface area contributed by atoms with Gasteiger partial charge in [-0.05, 0) is 24.7 Å². The van der Waals surface area contributed by atoms with Crippen molar-refractivity contribution in [3.8, 4) is 0 Å². The van der Waals surface area contributed by atoms with Crippen molar-refractivity contribution in [3.05, 3.63) is 29.8 Å². The van der Waals surface area contributed by atoms with Crippen LogP contribution < -0.4 is 5.32 Å². The summed E-state index contributed by atoms with van der Waals surface area (Å²) in [6.07, 6.45) is -0.807. The summed E-state index contributed by atoms with van der Waals surface area (Å²) in [5, 5.41) is 21.3. The number of carbonyl (C=O) groups is 2. The number of carboxylic acids is 1. The molecule has 0 saturated heterocycles. The second-order valence-corrected chi connectivity index (χ2v) is 4.41. The highest BCUT2D eigenvalue weighted by Gasteiger charge is 2.13. The quantitative estimate of drug-likeness (QED) is 0.705. The SMILES string of the molecule is CC(=O)Nc1cccc(C(O)CN(C)CC(=O)O)c1. The van der Waals surface area contributed by atoms with Gasteiger partial charge in [0.15, 0.2) is 0 Å². The summed E-state index contributed by atoms with van der Waals surface area (Å²) < 4.78 is 0. The van der Waals surface area contributed by atoms with Gasteiger partial charge in [0.2, 0.25) is 5.91 Å².